The molecule has 1 unspecified atom stereocenters. The molecule has 30 heavy (non-hydrogen) atoms. The summed E-state index contributed by atoms with van der Waals surface area (Å²) in [5, 5.41) is 0. The van der Waals surface area contributed by atoms with E-state index in [1.165, 1.54) is 28.7 Å². The van der Waals surface area contributed by atoms with Gasteiger partial charge in [-0.2, -0.15) is 0 Å². The summed E-state index contributed by atoms with van der Waals surface area (Å²) < 4.78 is 0. The molecule has 1 aliphatic heterocycles. The average Bonchev–Trinajstić information content (AvgIpc) is 3.24. The van der Waals surface area contributed by atoms with Crippen LogP contribution in [0.5, 0.6) is 0 Å². The quantitative estimate of drug-likeness (QED) is 0.716. The SMILES string of the molecule is NC(=O)c1ccccc1N1CCN(C2CCc3cccc(-c4ccccc4)c32)CC1. The highest BCUT2D eigenvalue weighted by atomic mass is 16.1. The molecule has 3 aromatic carbocycles. The predicted octanol–water partition coefficient (Wildman–Crippen LogP) is 4.26. The second-order valence-corrected chi connectivity index (χ2v) is 8.20. The van der Waals surface area contributed by atoms with Crippen molar-refractivity contribution in [3.8, 4) is 11.1 Å². The minimum Gasteiger partial charge on any atom is -0.368 e. The maximum absolute atomic E-state index is 11.8. The number of rotatable bonds is 4. The Hall–Kier alpha value is -3.11. The average molecular weight is 398 g/mol. The molecule has 4 nitrogen and oxygen atoms in total. The maximum atomic E-state index is 11.8. The van der Waals surface area contributed by atoms with Crippen LogP contribution in [0.4, 0.5) is 5.69 Å². The number of nitrogens with two attached hydrogens (primary N) is 1. The fourth-order valence-corrected chi connectivity index (χ4v) is 5.13. The lowest BCUT2D eigenvalue weighted by Crippen LogP contribution is -2.47. The third-order valence-corrected chi connectivity index (χ3v) is 6.57. The van der Waals surface area contributed by atoms with Crippen molar-refractivity contribution in [3.63, 3.8) is 0 Å². The lowest BCUT2D eigenvalue weighted by atomic mass is 9.94. The number of carbonyl (C=O) groups is 1. The van der Waals surface area contributed by atoms with Crippen LogP contribution in [-0.2, 0) is 6.42 Å². The van der Waals surface area contributed by atoms with Gasteiger partial charge in [-0.15, -0.1) is 0 Å². The highest BCUT2D eigenvalue weighted by molar-refractivity contribution is 5.98. The van der Waals surface area contributed by atoms with Crippen molar-refractivity contribution < 1.29 is 4.79 Å². The number of nitrogens with zero attached hydrogens (tertiary/aromatic N) is 2. The lowest BCUT2D eigenvalue weighted by molar-refractivity contribution is 0.100. The topological polar surface area (TPSA) is 49.6 Å². The van der Waals surface area contributed by atoms with Crippen molar-refractivity contribution in [2.75, 3.05) is 31.1 Å². The summed E-state index contributed by atoms with van der Waals surface area (Å²) in [5.74, 6) is -0.356. The number of hydrogen-bond donors (Lipinski definition) is 1. The van der Waals surface area contributed by atoms with E-state index < -0.39 is 0 Å². The van der Waals surface area contributed by atoms with Gasteiger partial charge in [-0.3, -0.25) is 9.69 Å². The van der Waals surface area contributed by atoms with Gasteiger partial charge in [0, 0.05) is 37.9 Å². The molecule has 3 aromatic rings. The molecule has 1 heterocycles. The molecule has 0 spiro atoms. The molecule has 1 fully saturated rings. The molecular weight excluding hydrogens is 370 g/mol. The molecule has 2 N–H and O–H groups in total. The number of primary amides is 1. The summed E-state index contributed by atoms with van der Waals surface area (Å²) in [6.07, 6.45) is 2.32. The molecule has 2 aliphatic rings. The smallest absolute Gasteiger partial charge is 0.250 e. The zero-order valence-corrected chi connectivity index (χ0v) is 17.1. The fraction of sp³-hybridized carbons (Fsp3) is 0.269. The van der Waals surface area contributed by atoms with Crippen molar-refractivity contribution in [1.82, 2.24) is 4.90 Å². The van der Waals surface area contributed by atoms with E-state index in [0.29, 0.717) is 11.6 Å². The first kappa shape index (κ1) is 18.9. The van der Waals surface area contributed by atoms with Gasteiger partial charge in [0.25, 0.3) is 5.91 Å². The van der Waals surface area contributed by atoms with Crippen molar-refractivity contribution >= 4 is 11.6 Å². The van der Waals surface area contributed by atoms with Gasteiger partial charge in [-0.05, 0) is 47.2 Å². The molecule has 4 heteroatoms. The van der Waals surface area contributed by atoms with Crippen LogP contribution >= 0.6 is 0 Å². The Bertz CT molecular complexity index is 1050. The molecule has 0 bridgehead atoms. The number of fused-ring (bicyclic) bond motifs is 1. The molecule has 152 valence electrons. The number of piperazine rings is 1. The standard InChI is InChI=1S/C26H27N3O/c27-26(30)22-10-4-5-12-23(22)28-15-17-29(18-16-28)24-14-13-20-9-6-11-21(25(20)24)19-7-2-1-3-8-19/h1-12,24H,13-18H2,(H2,27,30). The maximum Gasteiger partial charge on any atom is 0.250 e. The van der Waals surface area contributed by atoms with Crippen molar-refractivity contribution in [2.45, 2.75) is 18.9 Å². The molecular formula is C26H27N3O. The van der Waals surface area contributed by atoms with Crippen LogP contribution in [0.1, 0.15) is 33.9 Å². The van der Waals surface area contributed by atoms with Crippen LogP contribution in [-0.4, -0.2) is 37.0 Å². The fourth-order valence-electron chi connectivity index (χ4n) is 5.13. The van der Waals surface area contributed by atoms with Gasteiger partial charge < -0.3 is 10.6 Å². The number of amides is 1. The molecule has 1 amide bonds. The first-order valence-electron chi connectivity index (χ1n) is 10.8. The number of hydrogen-bond acceptors (Lipinski definition) is 3. The summed E-state index contributed by atoms with van der Waals surface area (Å²) in [6.45, 7) is 3.79. The van der Waals surface area contributed by atoms with Crippen molar-refractivity contribution in [3.05, 3.63) is 89.5 Å². The summed E-state index contributed by atoms with van der Waals surface area (Å²) in [7, 11) is 0. The monoisotopic (exact) mass is 397 g/mol. The third kappa shape index (κ3) is 3.37. The van der Waals surface area contributed by atoms with Gasteiger partial charge in [0.1, 0.15) is 0 Å². The summed E-state index contributed by atoms with van der Waals surface area (Å²) in [6, 6.07) is 25.6. The highest BCUT2D eigenvalue weighted by Gasteiger charge is 2.32. The third-order valence-electron chi connectivity index (χ3n) is 6.57. The highest BCUT2D eigenvalue weighted by Crippen LogP contribution is 2.42. The molecule has 0 radical (unpaired) electrons. The van der Waals surface area contributed by atoms with E-state index in [4.69, 9.17) is 5.73 Å². The van der Waals surface area contributed by atoms with Crippen LogP contribution in [0.2, 0.25) is 0 Å². The number of carbonyl (C=O) groups excluding carboxylic acids is 1. The molecule has 0 aromatic heterocycles. The zero-order chi connectivity index (χ0) is 20.5. The van der Waals surface area contributed by atoms with E-state index in [9.17, 15) is 4.79 Å². The molecule has 1 aliphatic carbocycles. The second kappa shape index (κ2) is 7.96. The summed E-state index contributed by atoms with van der Waals surface area (Å²) in [4.78, 5) is 16.8. The number of aryl methyl sites for hydroxylation is 1. The normalized spacial score (nSPS) is 18.9. The first-order valence-corrected chi connectivity index (χ1v) is 10.8. The minimum atomic E-state index is -0.356. The van der Waals surface area contributed by atoms with E-state index in [-0.39, 0.29) is 5.91 Å². The van der Waals surface area contributed by atoms with Crippen LogP contribution in [0, 0.1) is 0 Å². The Labute approximate surface area is 177 Å². The van der Waals surface area contributed by atoms with E-state index in [0.717, 1.165) is 38.3 Å². The number of para-hydroxylation sites is 1. The number of benzene rings is 3. The summed E-state index contributed by atoms with van der Waals surface area (Å²) >= 11 is 0. The van der Waals surface area contributed by atoms with Crippen molar-refractivity contribution in [1.29, 1.82) is 0 Å². The number of anilines is 1. The Morgan fingerprint density at radius 2 is 1.57 bits per heavy atom. The molecule has 0 saturated carbocycles. The van der Waals surface area contributed by atoms with E-state index in [2.05, 4.69) is 58.3 Å². The van der Waals surface area contributed by atoms with Crippen molar-refractivity contribution in [2.24, 2.45) is 5.73 Å². The Balaban J connectivity index is 1.38. The largest absolute Gasteiger partial charge is 0.368 e. The van der Waals surface area contributed by atoms with Gasteiger partial charge in [0.2, 0.25) is 0 Å². The van der Waals surface area contributed by atoms with Gasteiger partial charge in [-0.1, -0.05) is 60.7 Å². The van der Waals surface area contributed by atoms with E-state index >= 15 is 0 Å². The van der Waals surface area contributed by atoms with Crippen LogP contribution in [0.3, 0.4) is 0 Å². The molecule has 5 rings (SSSR count). The van der Waals surface area contributed by atoms with E-state index in [1.807, 2.05) is 24.3 Å². The van der Waals surface area contributed by atoms with Gasteiger partial charge in [0.05, 0.1) is 5.56 Å². The lowest BCUT2D eigenvalue weighted by Gasteiger charge is -2.40. The molecule has 1 atom stereocenters. The predicted molar refractivity (Wildman–Crippen MR) is 122 cm³/mol. The van der Waals surface area contributed by atoms with Gasteiger partial charge in [0.15, 0.2) is 0 Å². The van der Waals surface area contributed by atoms with E-state index in [1.54, 1.807) is 0 Å². The van der Waals surface area contributed by atoms with Gasteiger partial charge >= 0.3 is 0 Å². The molecule has 1 saturated heterocycles. The minimum absolute atomic E-state index is 0.356. The zero-order valence-electron chi connectivity index (χ0n) is 17.1. The van der Waals surface area contributed by atoms with Crippen LogP contribution < -0.4 is 10.6 Å². The Kier molecular flexibility index (Phi) is 5.01. The first-order chi connectivity index (χ1) is 14.7. The second-order valence-electron chi connectivity index (χ2n) is 8.20. The van der Waals surface area contributed by atoms with Crippen LogP contribution in [0.15, 0.2) is 72.8 Å². The van der Waals surface area contributed by atoms with Gasteiger partial charge in [-0.25, -0.2) is 0 Å². The Morgan fingerprint density at radius 3 is 2.33 bits per heavy atom. The summed E-state index contributed by atoms with van der Waals surface area (Å²) in [5.41, 5.74) is 12.8. The van der Waals surface area contributed by atoms with Crippen LogP contribution in [0.25, 0.3) is 11.1 Å². The Morgan fingerprint density at radius 1 is 0.833 bits per heavy atom.